The van der Waals surface area contributed by atoms with Crippen molar-refractivity contribution in [2.24, 2.45) is 0 Å². The number of carbonyl (C=O) groups excluding carboxylic acids is 1. The van der Waals surface area contributed by atoms with Crippen LogP contribution in [0.25, 0.3) is 5.69 Å². The molecule has 0 aliphatic rings. The van der Waals surface area contributed by atoms with Crippen LogP contribution in [0, 0.1) is 0 Å². The first-order chi connectivity index (χ1) is 8.50. The molecule has 0 radical (unpaired) electrons. The van der Waals surface area contributed by atoms with E-state index in [1.165, 1.54) is 22.9 Å². The first-order valence-electron chi connectivity index (χ1n) is 4.87. The average Bonchev–Trinajstić information content (AvgIpc) is 2.30. The summed E-state index contributed by atoms with van der Waals surface area (Å²) in [5.74, 6) is 0. The molecule has 92 valence electrons. The largest absolute Gasteiger partial charge is 0.281 e. The predicted octanol–water partition coefficient (Wildman–Crippen LogP) is 3.52. The molecule has 0 bridgehead atoms. The highest BCUT2D eigenvalue weighted by Crippen LogP contribution is 2.27. The number of para-hydroxylation sites is 1. The fraction of sp³-hybridized carbons (Fsp3) is 0. The van der Waals surface area contributed by atoms with Gasteiger partial charge in [-0.25, -0.2) is 0 Å². The maximum atomic E-state index is 11.8. The number of nitrogens with zero attached hydrogens (tertiary/aromatic N) is 1. The smallest absolute Gasteiger partial charge is 0.255 e. The van der Waals surface area contributed by atoms with Crippen LogP contribution in [0.5, 0.6) is 0 Å². The minimum Gasteiger partial charge on any atom is -0.281 e. The van der Waals surface area contributed by atoms with Gasteiger partial charge >= 0.3 is 0 Å². The highest BCUT2D eigenvalue weighted by atomic mass is 35.5. The Labute approximate surface area is 118 Å². The van der Waals surface area contributed by atoms with Gasteiger partial charge < -0.3 is 0 Å². The Balaban J connectivity index is 2.75. The lowest BCUT2D eigenvalue weighted by molar-refractivity contribution is 0.108. The van der Waals surface area contributed by atoms with E-state index in [0.717, 1.165) is 0 Å². The van der Waals surface area contributed by atoms with Crippen molar-refractivity contribution in [3.63, 3.8) is 0 Å². The van der Waals surface area contributed by atoms with Gasteiger partial charge in [0.05, 0.1) is 21.3 Å². The molecular weight excluding hydrogens is 296 g/mol. The predicted molar refractivity (Wildman–Crippen MR) is 72.2 cm³/mol. The summed E-state index contributed by atoms with van der Waals surface area (Å²) in [7, 11) is 0. The molecule has 6 heteroatoms. The molecule has 0 N–H and O–H groups in total. The van der Waals surface area contributed by atoms with Gasteiger partial charge in [0.2, 0.25) is 0 Å². The first-order valence-corrected chi connectivity index (χ1v) is 6.01. The number of rotatable bonds is 2. The summed E-state index contributed by atoms with van der Waals surface area (Å²) < 4.78 is 1.19. The van der Waals surface area contributed by atoms with E-state index in [4.69, 9.17) is 34.8 Å². The lowest BCUT2D eigenvalue weighted by Crippen LogP contribution is -2.18. The van der Waals surface area contributed by atoms with Crippen molar-refractivity contribution >= 4 is 40.0 Å². The zero-order valence-corrected chi connectivity index (χ0v) is 11.1. The van der Waals surface area contributed by atoms with E-state index >= 15 is 0 Å². The zero-order valence-electron chi connectivity index (χ0n) is 8.86. The molecule has 0 aliphatic heterocycles. The summed E-state index contributed by atoms with van der Waals surface area (Å²) in [4.78, 5) is 22.9. The second kappa shape index (κ2) is 5.14. The van der Waals surface area contributed by atoms with E-state index < -0.39 is 5.24 Å². The molecule has 1 aromatic heterocycles. The lowest BCUT2D eigenvalue weighted by atomic mass is 10.2. The third kappa shape index (κ3) is 2.43. The van der Waals surface area contributed by atoms with Crippen LogP contribution in [-0.2, 0) is 0 Å². The summed E-state index contributed by atoms with van der Waals surface area (Å²) in [5, 5.41) is -0.0422. The van der Waals surface area contributed by atoms with Gasteiger partial charge in [0.25, 0.3) is 10.8 Å². The third-order valence-corrected chi connectivity index (χ3v) is 3.14. The third-order valence-electron chi connectivity index (χ3n) is 2.32. The normalized spacial score (nSPS) is 10.4. The molecule has 0 fully saturated rings. The molecule has 2 rings (SSSR count). The number of benzene rings is 1. The van der Waals surface area contributed by atoms with Gasteiger partial charge in [-0.3, -0.25) is 14.2 Å². The number of hydrogen-bond donors (Lipinski definition) is 0. The number of carbonyl (C=O) groups is 1. The van der Waals surface area contributed by atoms with Crippen LogP contribution < -0.4 is 5.56 Å². The summed E-state index contributed by atoms with van der Waals surface area (Å²) in [6.07, 6.45) is 1.31. The summed E-state index contributed by atoms with van der Waals surface area (Å²) in [6.45, 7) is 0. The minimum absolute atomic E-state index is 0.187. The maximum Gasteiger partial charge on any atom is 0.255 e. The second-order valence-corrected chi connectivity index (χ2v) is 4.63. The van der Waals surface area contributed by atoms with E-state index in [9.17, 15) is 9.59 Å². The summed E-state index contributed by atoms with van der Waals surface area (Å²) in [6, 6.07) is 7.44. The van der Waals surface area contributed by atoms with Crippen LogP contribution in [0.2, 0.25) is 10.0 Å². The van der Waals surface area contributed by atoms with Crippen LogP contribution in [0.15, 0.2) is 41.3 Å². The van der Waals surface area contributed by atoms with Gasteiger partial charge in [0, 0.05) is 12.3 Å². The topological polar surface area (TPSA) is 39.1 Å². The molecular formula is C12H6Cl3NO2. The van der Waals surface area contributed by atoms with Crippen molar-refractivity contribution in [2.45, 2.75) is 0 Å². The Hall–Kier alpha value is -1.29. The number of pyridine rings is 1. The molecule has 2 aromatic rings. The maximum absolute atomic E-state index is 11.8. The Morgan fingerprint density at radius 3 is 2.22 bits per heavy atom. The molecule has 18 heavy (non-hydrogen) atoms. The molecule has 1 heterocycles. The van der Waals surface area contributed by atoms with Crippen LogP contribution in [0.1, 0.15) is 10.4 Å². The molecule has 1 aromatic carbocycles. The first kappa shape index (κ1) is 13.1. The van der Waals surface area contributed by atoms with Gasteiger partial charge in [-0.1, -0.05) is 29.3 Å². The zero-order chi connectivity index (χ0) is 13.3. The van der Waals surface area contributed by atoms with Crippen molar-refractivity contribution in [2.75, 3.05) is 0 Å². The van der Waals surface area contributed by atoms with Crippen LogP contribution in [0.4, 0.5) is 0 Å². The number of hydrogen-bond acceptors (Lipinski definition) is 2. The monoisotopic (exact) mass is 301 g/mol. The average molecular weight is 303 g/mol. The van der Waals surface area contributed by atoms with Crippen molar-refractivity contribution < 1.29 is 4.79 Å². The molecule has 0 spiro atoms. The van der Waals surface area contributed by atoms with E-state index in [1.807, 2.05) is 0 Å². The summed E-state index contributed by atoms with van der Waals surface area (Å²) in [5.41, 5.74) is 0.157. The van der Waals surface area contributed by atoms with Crippen molar-refractivity contribution in [1.29, 1.82) is 0 Å². The second-order valence-electron chi connectivity index (χ2n) is 3.47. The standard InChI is InChI=1S/C12H6Cl3NO2/c13-8-2-1-3-9(14)11(8)16-6-7(12(15)18)4-5-10(16)17/h1-6H. The highest BCUT2D eigenvalue weighted by molar-refractivity contribution is 6.67. The van der Waals surface area contributed by atoms with Gasteiger partial charge in [-0.15, -0.1) is 0 Å². The van der Waals surface area contributed by atoms with Crippen LogP contribution >= 0.6 is 34.8 Å². The van der Waals surface area contributed by atoms with Gasteiger partial charge in [-0.05, 0) is 29.8 Å². The Morgan fingerprint density at radius 1 is 1.06 bits per heavy atom. The molecule has 0 unspecified atom stereocenters. The van der Waals surface area contributed by atoms with Gasteiger partial charge in [0.15, 0.2) is 0 Å². The molecule has 3 nitrogen and oxygen atoms in total. The fourth-order valence-corrected chi connectivity index (χ4v) is 2.19. The van der Waals surface area contributed by atoms with Crippen molar-refractivity contribution in [3.8, 4) is 5.69 Å². The molecule has 0 amide bonds. The molecule has 0 saturated carbocycles. The van der Waals surface area contributed by atoms with E-state index in [2.05, 4.69) is 0 Å². The quantitative estimate of drug-likeness (QED) is 0.796. The Bertz CT molecular complexity index is 659. The molecule has 0 aliphatic carbocycles. The minimum atomic E-state index is -0.660. The Kier molecular flexibility index (Phi) is 3.76. The van der Waals surface area contributed by atoms with Crippen LogP contribution in [-0.4, -0.2) is 9.81 Å². The lowest BCUT2D eigenvalue weighted by Gasteiger charge is -2.10. The van der Waals surface area contributed by atoms with E-state index in [0.29, 0.717) is 15.7 Å². The molecule has 0 saturated heterocycles. The Morgan fingerprint density at radius 2 is 1.67 bits per heavy atom. The van der Waals surface area contributed by atoms with E-state index in [-0.39, 0.29) is 11.1 Å². The fourth-order valence-electron chi connectivity index (χ4n) is 1.50. The van der Waals surface area contributed by atoms with Crippen molar-refractivity contribution in [3.05, 3.63) is 62.5 Å². The summed E-state index contributed by atoms with van der Waals surface area (Å²) >= 11 is 17.4. The van der Waals surface area contributed by atoms with E-state index in [1.54, 1.807) is 18.2 Å². The van der Waals surface area contributed by atoms with Crippen molar-refractivity contribution in [1.82, 2.24) is 4.57 Å². The number of aromatic nitrogens is 1. The van der Waals surface area contributed by atoms with Crippen LogP contribution in [0.3, 0.4) is 0 Å². The van der Waals surface area contributed by atoms with Gasteiger partial charge in [-0.2, -0.15) is 0 Å². The van der Waals surface area contributed by atoms with Gasteiger partial charge in [0.1, 0.15) is 0 Å². The number of halogens is 3. The highest BCUT2D eigenvalue weighted by Gasteiger charge is 2.11. The SMILES string of the molecule is O=C(Cl)c1ccc(=O)n(-c2c(Cl)cccc2Cl)c1. The molecule has 0 atom stereocenters.